The Morgan fingerprint density at radius 3 is 2.50 bits per heavy atom. The molecule has 1 saturated carbocycles. The van der Waals surface area contributed by atoms with Crippen LogP contribution in [0.5, 0.6) is 0 Å². The number of nitrogens with one attached hydrogen (secondary N) is 1. The first-order valence-electron chi connectivity index (χ1n) is 5.73. The van der Waals surface area contributed by atoms with Gasteiger partial charge >= 0.3 is 5.69 Å². The van der Waals surface area contributed by atoms with Gasteiger partial charge in [0.2, 0.25) is 5.82 Å². The average molecular weight is 256 g/mol. The summed E-state index contributed by atoms with van der Waals surface area (Å²) in [6.45, 7) is 3.74. The van der Waals surface area contributed by atoms with Crippen LogP contribution in [-0.4, -0.2) is 10.5 Å². The third-order valence-electron chi connectivity index (χ3n) is 3.27. The van der Waals surface area contributed by atoms with E-state index in [-0.39, 0.29) is 5.69 Å². The number of benzene rings is 1. The fraction of sp³-hybridized carbons (Fsp3) is 0.500. The Balaban J connectivity index is 2.39. The Hall–Kier alpha value is -1.72. The molecule has 1 fully saturated rings. The lowest BCUT2D eigenvalue weighted by Crippen LogP contribution is -2.33. The summed E-state index contributed by atoms with van der Waals surface area (Å²) in [7, 11) is 0. The minimum Gasteiger partial charge on any atom is -0.374 e. The molecule has 0 heterocycles. The van der Waals surface area contributed by atoms with E-state index in [4.69, 9.17) is 0 Å². The first-order chi connectivity index (χ1) is 8.31. The summed E-state index contributed by atoms with van der Waals surface area (Å²) < 4.78 is 26.6. The highest BCUT2D eigenvalue weighted by Gasteiger charge is 2.39. The summed E-state index contributed by atoms with van der Waals surface area (Å²) in [5.41, 5.74) is -1.22. The van der Waals surface area contributed by atoms with E-state index in [0.29, 0.717) is 12.0 Å². The van der Waals surface area contributed by atoms with Crippen LogP contribution in [0.1, 0.15) is 26.7 Å². The molecule has 0 aromatic heterocycles. The molecule has 0 unspecified atom stereocenters. The molecule has 1 N–H and O–H groups in total. The monoisotopic (exact) mass is 256 g/mol. The summed E-state index contributed by atoms with van der Waals surface area (Å²) in [6.07, 6.45) is 2.04. The Labute approximate surface area is 103 Å². The van der Waals surface area contributed by atoms with Gasteiger partial charge in [0.15, 0.2) is 0 Å². The van der Waals surface area contributed by atoms with Gasteiger partial charge in [0, 0.05) is 17.7 Å². The van der Waals surface area contributed by atoms with E-state index in [1.54, 1.807) is 0 Å². The third-order valence-corrected chi connectivity index (χ3v) is 3.27. The summed E-state index contributed by atoms with van der Waals surface area (Å²) in [4.78, 5) is 10.00. The van der Waals surface area contributed by atoms with Crippen LogP contribution in [0.3, 0.4) is 0 Å². The SMILES string of the molecule is CC(C)(Nc1cc(F)cc(F)c1[N+](=O)[O-])C1CC1. The largest absolute Gasteiger partial charge is 0.374 e. The predicted octanol–water partition coefficient (Wildman–Crippen LogP) is 3.47. The normalized spacial score (nSPS) is 15.6. The number of nitrogens with zero attached hydrogens (tertiary/aromatic N) is 1. The van der Waals surface area contributed by atoms with Gasteiger partial charge in [-0.1, -0.05) is 0 Å². The zero-order valence-electron chi connectivity index (χ0n) is 10.2. The van der Waals surface area contributed by atoms with Crippen molar-refractivity contribution >= 4 is 11.4 Å². The quantitative estimate of drug-likeness (QED) is 0.662. The Bertz CT molecular complexity index is 499. The van der Waals surface area contributed by atoms with Crippen LogP contribution in [0, 0.1) is 27.7 Å². The predicted molar refractivity (Wildman–Crippen MR) is 63.4 cm³/mol. The van der Waals surface area contributed by atoms with Crippen molar-refractivity contribution in [3.63, 3.8) is 0 Å². The van der Waals surface area contributed by atoms with Crippen molar-refractivity contribution in [3.8, 4) is 0 Å². The van der Waals surface area contributed by atoms with Crippen molar-refractivity contribution in [2.75, 3.05) is 5.32 Å². The van der Waals surface area contributed by atoms with Crippen LogP contribution in [0.2, 0.25) is 0 Å². The zero-order chi connectivity index (χ0) is 13.5. The van der Waals surface area contributed by atoms with Gasteiger partial charge in [0.25, 0.3) is 0 Å². The molecule has 2 rings (SSSR count). The van der Waals surface area contributed by atoms with E-state index in [2.05, 4.69) is 5.32 Å². The molecule has 1 aromatic carbocycles. The topological polar surface area (TPSA) is 55.2 Å². The number of halogens is 2. The number of nitro groups is 1. The van der Waals surface area contributed by atoms with Crippen LogP contribution in [0.15, 0.2) is 12.1 Å². The molecule has 98 valence electrons. The summed E-state index contributed by atoms with van der Waals surface area (Å²) >= 11 is 0. The summed E-state index contributed by atoms with van der Waals surface area (Å²) in [5, 5.41) is 13.7. The molecule has 1 aliphatic rings. The van der Waals surface area contributed by atoms with Crippen molar-refractivity contribution in [3.05, 3.63) is 33.9 Å². The van der Waals surface area contributed by atoms with Crippen LogP contribution >= 0.6 is 0 Å². The molecule has 0 amide bonds. The van der Waals surface area contributed by atoms with E-state index >= 15 is 0 Å². The van der Waals surface area contributed by atoms with E-state index in [1.165, 1.54) is 0 Å². The van der Waals surface area contributed by atoms with Crippen molar-refractivity contribution in [1.29, 1.82) is 0 Å². The first-order valence-corrected chi connectivity index (χ1v) is 5.73. The highest BCUT2D eigenvalue weighted by molar-refractivity contribution is 5.63. The number of hydrogen-bond donors (Lipinski definition) is 1. The van der Waals surface area contributed by atoms with Gasteiger partial charge in [-0.25, -0.2) is 4.39 Å². The highest BCUT2D eigenvalue weighted by atomic mass is 19.1. The van der Waals surface area contributed by atoms with E-state index in [1.807, 2.05) is 13.8 Å². The van der Waals surface area contributed by atoms with Gasteiger partial charge in [0.05, 0.1) is 4.92 Å². The molecule has 1 aromatic rings. The lowest BCUT2D eigenvalue weighted by atomic mass is 9.98. The average Bonchev–Trinajstić information content (AvgIpc) is 2.96. The van der Waals surface area contributed by atoms with E-state index in [9.17, 15) is 18.9 Å². The van der Waals surface area contributed by atoms with Gasteiger partial charge in [-0.15, -0.1) is 0 Å². The number of anilines is 1. The minimum atomic E-state index is -1.16. The van der Waals surface area contributed by atoms with Crippen LogP contribution in [-0.2, 0) is 0 Å². The minimum absolute atomic E-state index is 0.102. The second-order valence-corrected chi connectivity index (χ2v) is 5.16. The van der Waals surface area contributed by atoms with Crippen molar-refractivity contribution < 1.29 is 13.7 Å². The summed E-state index contributed by atoms with van der Waals surface area (Å²) in [6, 6.07) is 1.48. The Kier molecular flexibility index (Phi) is 2.96. The van der Waals surface area contributed by atoms with E-state index < -0.39 is 27.8 Å². The maximum Gasteiger partial charge on any atom is 0.327 e. The van der Waals surface area contributed by atoms with Crippen molar-refractivity contribution in [2.45, 2.75) is 32.2 Å². The Morgan fingerprint density at radius 2 is 2.00 bits per heavy atom. The fourth-order valence-corrected chi connectivity index (χ4v) is 2.10. The Morgan fingerprint density at radius 1 is 1.39 bits per heavy atom. The van der Waals surface area contributed by atoms with Gasteiger partial charge in [-0.2, -0.15) is 4.39 Å². The molecule has 0 saturated heterocycles. The van der Waals surface area contributed by atoms with Gasteiger partial charge in [0.1, 0.15) is 11.5 Å². The molecular formula is C12H14F2N2O2. The maximum absolute atomic E-state index is 13.4. The van der Waals surface area contributed by atoms with Crippen LogP contribution < -0.4 is 5.32 Å². The highest BCUT2D eigenvalue weighted by Crippen LogP contribution is 2.42. The van der Waals surface area contributed by atoms with Gasteiger partial charge < -0.3 is 5.32 Å². The molecule has 0 atom stereocenters. The van der Waals surface area contributed by atoms with Crippen molar-refractivity contribution in [2.24, 2.45) is 5.92 Å². The maximum atomic E-state index is 13.4. The molecule has 0 spiro atoms. The summed E-state index contributed by atoms with van der Waals surface area (Å²) in [5.74, 6) is -1.61. The molecular weight excluding hydrogens is 242 g/mol. The second kappa shape index (κ2) is 4.19. The van der Waals surface area contributed by atoms with Gasteiger partial charge in [-0.3, -0.25) is 10.1 Å². The van der Waals surface area contributed by atoms with Crippen LogP contribution in [0.4, 0.5) is 20.2 Å². The number of nitro benzene ring substituents is 1. The standard InChI is InChI=1S/C12H14F2N2O2/c1-12(2,7-3-4-7)15-10-6-8(13)5-9(14)11(10)16(17)18/h5-7,15H,3-4H2,1-2H3. The number of hydrogen-bond acceptors (Lipinski definition) is 3. The molecule has 1 aliphatic carbocycles. The molecule has 18 heavy (non-hydrogen) atoms. The second-order valence-electron chi connectivity index (χ2n) is 5.16. The molecule has 0 aliphatic heterocycles. The third kappa shape index (κ3) is 2.42. The van der Waals surface area contributed by atoms with E-state index in [0.717, 1.165) is 18.9 Å². The lowest BCUT2D eigenvalue weighted by Gasteiger charge is -2.27. The molecule has 4 nitrogen and oxygen atoms in total. The number of rotatable bonds is 4. The molecule has 0 bridgehead atoms. The van der Waals surface area contributed by atoms with Gasteiger partial charge in [-0.05, 0) is 32.6 Å². The smallest absolute Gasteiger partial charge is 0.327 e. The fourth-order valence-electron chi connectivity index (χ4n) is 2.10. The zero-order valence-corrected chi connectivity index (χ0v) is 10.2. The molecule has 6 heteroatoms. The van der Waals surface area contributed by atoms with Crippen LogP contribution in [0.25, 0.3) is 0 Å². The van der Waals surface area contributed by atoms with Crippen molar-refractivity contribution in [1.82, 2.24) is 0 Å². The molecule has 0 radical (unpaired) electrons. The lowest BCUT2D eigenvalue weighted by molar-refractivity contribution is -0.386. The first kappa shape index (κ1) is 12.7.